The molecule has 7 heteroatoms. The van der Waals surface area contributed by atoms with Gasteiger partial charge in [-0.25, -0.2) is 8.42 Å². The maximum Gasteiger partial charge on any atom is 0.243 e. The molecule has 2 aliphatic rings. The first-order chi connectivity index (χ1) is 9.59. The first kappa shape index (κ1) is 13.8. The quantitative estimate of drug-likeness (QED) is 0.854. The molecule has 2 bridgehead atoms. The lowest BCUT2D eigenvalue weighted by atomic mass is 10.2. The summed E-state index contributed by atoms with van der Waals surface area (Å²) in [5.41, 5.74) is 0. The second-order valence-corrected chi connectivity index (χ2v) is 6.97. The molecule has 3 rings (SSSR count). The highest BCUT2D eigenvalue weighted by molar-refractivity contribution is 7.89. The number of methoxy groups -OCH3 is 1. The van der Waals surface area contributed by atoms with Crippen molar-refractivity contribution in [3.05, 3.63) is 24.3 Å². The molecule has 2 heterocycles. The minimum atomic E-state index is -3.46. The molecule has 20 heavy (non-hydrogen) atoms. The normalized spacial score (nSPS) is 27.2. The fraction of sp³-hybridized carbons (Fsp3) is 0.538. The Balaban J connectivity index is 1.83. The molecule has 1 aromatic rings. The first-order valence-electron chi connectivity index (χ1n) is 6.60. The van der Waals surface area contributed by atoms with Crippen LogP contribution in [0.2, 0.25) is 0 Å². The molecule has 2 saturated heterocycles. The van der Waals surface area contributed by atoms with Gasteiger partial charge in [-0.2, -0.15) is 4.31 Å². The van der Waals surface area contributed by atoms with Crippen LogP contribution in [0.15, 0.2) is 29.2 Å². The lowest BCUT2D eigenvalue weighted by Crippen LogP contribution is -2.59. The number of benzene rings is 1. The van der Waals surface area contributed by atoms with Crippen molar-refractivity contribution >= 4 is 10.0 Å². The molecule has 2 atom stereocenters. The SMILES string of the molecule is COc1ccc(S(=O)(=O)N2C[C@@H]3CNC[C@@H](C2)O3)cc1. The summed E-state index contributed by atoms with van der Waals surface area (Å²) in [5, 5.41) is 3.25. The highest BCUT2D eigenvalue weighted by Crippen LogP contribution is 2.23. The van der Waals surface area contributed by atoms with Crippen molar-refractivity contribution in [2.75, 3.05) is 33.3 Å². The molecular formula is C13H18N2O4S. The molecule has 0 amide bonds. The van der Waals surface area contributed by atoms with E-state index < -0.39 is 10.0 Å². The summed E-state index contributed by atoms with van der Waals surface area (Å²) in [7, 11) is -1.90. The number of rotatable bonds is 3. The maximum atomic E-state index is 12.6. The van der Waals surface area contributed by atoms with E-state index >= 15 is 0 Å². The average Bonchev–Trinajstić information content (AvgIpc) is 2.47. The van der Waals surface area contributed by atoms with Crippen molar-refractivity contribution in [3.63, 3.8) is 0 Å². The van der Waals surface area contributed by atoms with Crippen LogP contribution >= 0.6 is 0 Å². The predicted octanol–water partition coefficient (Wildman–Crippen LogP) is 0.0565. The number of sulfonamides is 1. The van der Waals surface area contributed by atoms with Gasteiger partial charge in [-0.15, -0.1) is 0 Å². The molecule has 1 N–H and O–H groups in total. The minimum absolute atomic E-state index is 0.0597. The molecule has 2 fully saturated rings. The highest BCUT2D eigenvalue weighted by Gasteiger charge is 2.37. The second-order valence-electron chi connectivity index (χ2n) is 5.04. The number of ether oxygens (including phenoxy) is 2. The van der Waals surface area contributed by atoms with Crippen molar-refractivity contribution in [1.29, 1.82) is 0 Å². The zero-order valence-electron chi connectivity index (χ0n) is 11.3. The fourth-order valence-electron chi connectivity index (χ4n) is 2.61. The van der Waals surface area contributed by atoms with E-state index in [-0.39, 0.29) is 12.2 Å². The summed E-state index contributed by atoms with van der Waals surface area (Å²) >= 11 is 0. The molecule has 2 aliphatic heterocycles. The number of fused-ring (bicyclic) bond motifs is 2. The molecule has 0 unspecified atom stereocenters. The third-order valence-electron chi connectivity index (χ3n) is 3.64. The third-order valence-corrected chi connectivity index (χ3v) is 5.49. The van der Waals surface area contributed by atoms with Gasteiger partial charge >= 0.3 is 0 Å². The summed E-state index contributed by atoms with van der Waals surface area (Å²) < 4.78 is 37.6. The van der Waals surface area contributed by atoms with Crippen LogP contribution in [0.3, 0.4) is 0 Å². The van der Waals surface area contributed by atoms with E-state index in [9.17, 15) is 8.42 Å². The third kappa shape index (κ3) is 2.54. The predicted molar refractivity (Wildman–Crippen MR) is 73.3 cm³/mol. The Labute approximate surface area is 118 Å². The monoisotopic (exact) mass is 298 g/mol. The van der Waals surface area contributed by atoms with Crippen molar-refractivity contribution in [3.8, 4) is 5.75 Å². The van der Waals surface area contributed by atoms with E-state index in [1.165, 1.54) is 4.31 Å². The summed E-state index contributed by atoms with van der Waals surface area (Å²) in [6.45, 7) is 2.20. The molecule has 0 saturated carbocycles. The van der Waals surface area contributed by atoms with Crippen LogP contribution < -0.4 is 10.1 Å². The zero-order valence-corrected chi connectivity index (χ0v) is 12.1. The smallest absolute Gasteiger partial charge is 0.243 e. The molecule has 0 aliphatic carbocycles. The van der Waals surface area contributed by atoms with E-state index in [1.54, 1.807) is 31.4 Å². The van der Waals surface area contributed by atoms with Gasteiger partial charge < -0.3 is 14.8 Å². The Morgan fingerprint density at radius 1 is 1.20 bits per heavy atom. The van der Waals surface area contributed by atoms with E-state index in [4.69, 9.17) is 9.47 Å². The van der Waals surface area contributed by atoms with Gasteiger partial charge in [0.15, 0.2) is 0 Å². The lowest BCUT2D eigenvalue weighted by Gasteiger charge is -2.41. The molecular weight excluding hydrogens is 280 g/mol. The van der Waals surface area contributed by atoms with Gasteiger partial charge in [-0.1, -0.05) is 0 Å². The number of hydrogen-bond acceptors (Lipinski definition) is 5. The molecule has 110 valence electrons. The van der Waals surface area contributed by atoms with E-state index in [1.807, 2.05) is 0 Å². The van der Waals surface area contributed by atoms with E-state index in [0.717, 1.165) is 0 Å². The van der Waals surface area contributed by atoms with Crippen molar-refractivity contribution < 1.29 is 17.9 Å². The van der Waals surface area contributed by atoms with E-state index in [0.29, 0.717) is 36.8 Å². The van der Waals surface area contributed by atoms with Crippen LogP contribution in [-0.2, 0) is 14.8 Å². The van der Waals surface area contributed by atoms with Gasteiger partial charge in [0.25, 0.3) is 0 Å². The van der Waals surface area contributed by atoms with Gasteiger partial charge in [0, 0.05) is 26.2 Å². The van der Waals surface area contributed by atoms with Gasteiger partial charge in [-0.05, 0) is 24.3 Å². The molecule has 0 radical (unpaired) electrons. The Bertz CT molecular complexity index is 561. The zero-order chi connectivity index (χ0) is 14.2. The number of nitrogens with one attached hydrogen (secondary N) is 1. The van der Waals surface area contributed by atoms with Crippen molar-refractivity contribution in [1.82, 2.24) is 9.62 Å². The lowest BCUT2D eigenvalue weighted by molar-refractivity contribution is -0.0824. The summed E-state index contributed by atoms with van der Waals surface area (Å²) in [6.07, 6.45) is -0.119. The second kappa shape index (κ2) is 5.33. The number of hydrogen-bond donors (Lipinski definition) is 1. The van der Waals surface area contributed by atoms with Gasteiger partial charge in [-0.3, -0.25) is 0 Å². The van der Waals surface area contributed by atoms with Crippen molar-refractivity contribution in [2.24, 2.45) is 0 Å². The summed E-state index contributed by atoms with van der Waals surface area (Å²) in [4.78, 5) is 0.297. The average molecular weight is 298 g/mol. The van der Waals surface area contributed by atoms with Crippen LogP contribution in [-0.4, -0.2) is 58.2 Å². The number of nitrogens with zero attached hydrogens (tertiary/aromatic N) is 1. The van der Waals surface area contributed by atoms with Crippen LogP contribution in [0.25, 0.3) is 0 Å². The molecule has 0 aromatic heterocycles. The standard InChI is InChI=1S/C13H18N2O4S/c1-18-10-2-4-13(5-3-10)20(16,17)15-8-11-6-14-7-12(9-15)19-11/h2-5,11-12,14H,6-9H2,1H3/t11-,12-/m0/s1. The fourth-order valence-corrected chi connectivity index (χ4v) is 4.11. The minimum Gasteiger partial charge on any atom is -0.497 e. The van der Waals surface area contributed by atoms with E-state index in [2.05, 4.69) is 5.32 Å². The van der Waals surface area contributed by atoms with Crippen molar-refractivity contribution in [2.45, 2.75) is 17.1 Å². The molecule has 6 nitrogen and oxygen atoms in total. The molecule has 1 aromatic carbocycles. The van der Waals surface area contributed by atoms with Crippen LogP contribution in [0.4, 0.5) is 0 Å². The summed E-state index contributed by atoms with van der Waals surface area (Å²) in [5.74, 6) is 0.645. The van der Waals surface area contributed by atoms with Crippen LogP contribution in [0.1, 0.15) is 0 Å². The van der Waals surface area contributed by atoms with Gasteiger partial charge in [0.1, 0.15) is 5.75 Å². The highest BCUT2D eigenvalue weighted by atomic mass is 32.2. The van der Waals surface area contributed by atoms with Gasteiger partial charge in [0.05, 0.1) is 24.2 Å². The molecule has 0 spiro atoms. The first-order valence-corrected chi connectivity index (χ1v) is 8.04. The Morgan fingerprint density at radius 2 is 1.80 bits per heavy atom. The Hall–Kier alpha value is -1.15. The summed E-state index contributed by atoms with van der Waals surface area (Å²) in [6, 6.07) is 6.49. The van der Waals surface area contributed by atoms with Crippen LogP contribution in [0, 0.1) is 0 Å². The van der Waals surface area contributed by atoms with Crippen LogP contribution in [0.5, 0.6) is 5.75 Å². The Morgan fingerprint density at radius 3 is 2.35 bits per heavy atom. The van der Waals surface area contributed by atoms with Gasteiger partial charge in [0.2, 0.25) is 10.0 Å². The Kier molecular flexibility index (Phi) is 3.68. The largest absolute Gasteiger partial charge is 0.497 e. The maximum absolute atomic E-state index is 12.6. The topological polar surface area (TPSA) is 67.9 Å². The number of morpholine rings is 2.